The molecular formula is C14H13Cl2NO. The van der Waals surface area contributed by atoms with Crippen molar-refractivity contribution < 1.29 is 0 Å². The van der Waals surface area contributed by atoms with Crippen molar-refractivity contribution in [2.75, 3.05) is 0 Å². The van der Waals surface area contributed by atoms with Crippen LogP contribution in [0.1, 0.15) is 30.5 Å². The Morgan fingerprint density at radius 3 is 2.67 bits per heavy atom. The molecule has 0 saturated heterocycles. The van der Waals surface area contributed by atoms with Crippen LogP contribution in [0.15, 0.2) is 16.9 Å². The molecule has 0 fully saturated rings. The number of nitrogens with one attached hydrogen (secondary N) is 1. The molecule has 4 heteroatoms. The van der Waals surface area contributed by atoms with E-state index in [2.05, 4.69) is 4.98 Å². The Morgan fingerprint density at radius 1 is 1.06 bits per heavy atom. The Bertz CT molecular complexity index is 676. The number of aryl methyl sites for hydroxylation is 1. The van der Waals surface area contributed by atoms with Gasteiger partial charge in [0, 0.05) is 16.6 Å². The summed E-state index contributed by atoms with van der Waals surface area (Å²) in [6.07, 6.45) is 5.16. The van der Waals surface area contributed by atoms with Gasteiger partial charge in [0.05, 0.1) is 15.6 Å². The molecule has 94 valence electrons. The van der Waals surface area contributed by atoms with E-state index in [0.29, 0.717) is 20.9 Å². The van der Waals surface area contributed by atoms with Crippen molar-refractivity contribution in [3.8, 4) is 0 Å². The number of pyridine rings is 1. The van der Waals surface area contributed by atoms with Crippen LogP contribution in [0.3, 0.4) is 0 Å². The molecule has 0 bridgehead atoms. The second-order valence-corrected chi connectivity index (χ2v) is 5.54. The predicted molar refractivity (Wildman–Crippen MR) is 75.8 cm³/mol. The van der Waals surface area contributed by atoms with Crippen LogP contribution in [-0.2, 0) is 12.8 Å². The number of aromatic amines is 1. The predicted octanol–water partition coefficient (Wildman–Crippen LogP) is 4.10. The van der Waals surface area contributed by atoms with Gasteiger partial charge in [0.2, 0.25) is 0 Å². The van der Waals surface area contributed by atoms with Crippen LogP contribution >= 0.6 is 23.2 Å². The third-order valence-corrected chi connectivity index (χ3v) is 4.41. The fourth-order valence-electron chi connectivity index (χ4n) is 2.65. The number of fused-ring (bicyclic) bond motifs is 2. The SMILES string of the molecule is O=c1c2c([nH]c3c(Cl)c(Cl)ccc13)CCCCC2. The largest absolute Gasteiger partial charge is 0.357 e. The van der Waals surface area contributed by atoms with Crippen molar-refractivity contribution in [3.63, 3.8) is 0 Å². The van der Waals surface area contributed by atoms with E-state index in [1.807, 2.05) is 0 Å². The number of hydrogen-bond acceptors (Lipinski definition) is 1. The summed E-state index contributed by atoms with van der Waals surface area (Å²) in [5.41, 5.74) is 2.75. The van der Waals surface area contributed by atoms with Crippen molar-refractivity contribution in [1.82, 2.24) is 4.98 Å². The van der Waals surface area contributed by atoms with Gasteiger partial charge in [0.15, 0.2) is 5.43 Å². The zero-order chi connectivity index (χ0) is 12.7. The van der Waals surface area contributed by atoms with Crippen LogP contribution in [0, 0.1) is 0 Å². The standard InChI is InChI=1S/C14H13Cl2NO/c15-10-7-6-9-13(12(10)16)17-11-5-3-1-2-4-8(11)14(9)18/h6-7H,1-5H2,(H,17,18). The van der Waals surface area contributed by atoms with Crippen molar-refractivity contribution in [3.05, 3.63) is 43.7 Å². The first-order chi connectivity index (χ1) is 8.68. The summed E-state index contributed by atoms with van der Waals surface area (Å²) in [5, 5.41) is 1.57. The van der Waals surface area contributed by atoms with Crippen molar-refractivity contribution in [2.24, 2.45) is 0 Å². The summed E-state index contributed by atoms with van der Waals surface area (Å²) < 4.78 is 0. The quantitative estimate of drug-likeness (QED) is 0.725. The molecule has 1 N–H and O–H groups in total. The lowest BCUT2D eigenvalue weighted by Gasteiger charge is -2.09. The van der Waals surface area contributed by atoms with Crippen molar-refractivity contribution in [1.29, 1.82) is 0 Å². The molecule has 2 aromatic rings. The minimum Gasteiger partial charge on any atom is -0.357 e. The van der Waals surface area contributed by atoms with Crippen LogP contribution in [-0.4, -0.2) is 4.98 Å². The molecule has 0 amide bonds. The van der Waals surface area contributed by atoms with Gasteiger partial charge in [-0.15, -0.1) is 0 Å². The van der Waals surface area contributed by atoms with E-state index in [0.717, 1.165) is 36.9 Å². The monoisotopic (exact) mass is 281 g/mol. The van der Waals surface area contributed by atoms with Crippen LogP contribution in [0.25, 0.3) is 10.9 Å². The van der Waals surface area contributed by atoms with E-state index in [-0.39, 0.29) is 5.43 Å². The topological polar surface area (TPSA) is 32.9 Å². The third kappa shape index (κ3) is 1.84. The van der Waals surface area contributed by atoms with Gasteiger partial charge in [0.25, 0.3) is 0 Å². The lowest BCUT2D eigenvalue weighted by Crippen LogP contribution is -2.14. The van der Waals surface area contributed by atoms with E-state index >= 15 is 0 Å². The Hall–Kier alpha value is -0.990. The van der Waals surface area contributed by atoms with Gasteiger partial charge in [-0.05, 0) is 37.8 Å². The van der Waals surface area contributed by atoms with E-state index < -0.39 is 0 Å². The molecule has 0 atom stereocenters. The maximum atomic E-state index is 12.5. The van der Waals surface area contributed by atoms with Gasteiger partial charge in [-0.2, -0.15) is 0 Å². The average molecular weight is 282 g/mol. The molecule has 0 radical (unpaired) electrons. The molecule has 18 heavy (non-hydrogen) atoms. The first-order valence-electron chi connectivity index (χ1n) is 6.20. The summed E-state index contributed by atoms with van der Waals surface area (Å²) in [7, 11) is 0. The summed E-state index contributed by atoms with van der Waals surface area (Å²) >= 11 is 12.2. The fraction of sp³-hybridized carbons (Fsp3) is 0.357. The van der Waals surface area contributed by atoms with E-state index in [4.69, 9.17) is 23.2 Å². The summed E-state index contributed by atoms with van der Waals surface area (Å²) in [4.78, 5) is 15.8. The molecule has 0 aliphatic heterocycles. The highest BCUT2D eigenvalue weighted by Gasteiger charge is 2.16. The molecule has 1 aliphatic rings. The molecule has 1 aromatic heterocycles. The van der Waals surface area contributed by atoms with Crippen LogP contribution in [0.4, 0.5) is 0 Å². The molecule has 1 aliphatic carbocycles. The zero-order valence-corrected chi connectivity index (χ0v) is 11.4. The van der Waals surface area contributed by atoms with Gasteiger partial charge in [-0.3, -0.25) is 4.79 Å². The van der Waals surface area contributed by atoms with E-state index in [1.165, 1.54) is 6.42 Å². The molecular weight excluding hydrogens is 269 g/mol. The van der Waals surface area contributed by atoms with Crippen LogP contribution in [0.2, 0.25) is 10.0 Å². The summed E-state index contributed by atoms with van der Waals surface area (Å²) in [6, 6.07) is 3.44. The number of rotatable bonds is 0. The zero-order valence-electron chi connectivity index (χ0n) is 9.85. The number of benzene rings is 1. The van der Waals surface area contributed by atoms with Gasteiger partial charge < -0.3 is 4.98 Å². The minimum atomic E-state index is 0.110. The Balaban J connectivity index is 2.38. The summed E-state index contributed by atoms with van der Waals surface area (Å²) in [5.74, 6) is 0. The minimum absolute atomic E-state index is 0.110. The first kappa shape index (κ1) is 12.1. The molecule has 1 heterocycles. The molecule has 3 rings (SSSR count). The third-order valence-electron chi connectivity index (χ3n) is 3.61. The lowest BCUT2D eigenvalue weighted by atomic mass is 10.0. The molecule has 2 nitrogen and oxygen atoms in total. The smallest absolute Gasteiger partial charge is 0.192 e. The van der Waals surface area contributed by atoms with Crippen molar-refractivity contribution >= 4 is 34.1 Å². The van der Waals surface area contributed by atoms with Crippen LogP contribution in [0.5, 0.6) is 0 Å². The lowest BCUT2D eigenvalue weighted by molar-refractivity contribution is 0.708. The second kappa shape index (κ2) is 4.60. The van der Waals surface area contributed by atoms with Crippen LogP contribution < -0.4 is 5.43 Å². The van der Waals surface area contributed by atoms with E-state index in [1.54, 1.807) is 12.1 Å². The Labute approximate surface area is 115 Å². The molecule has 1 aromatic carbocycles. The van der Waals surface area contributed by atoms with Gasteiger partial charge >= 0.3 is 0 Å². The van der Waals surface area contributed by atoms with Gasteiger partial charge in [-0.1, -0.05) is 29.6 Å². The molecule has 0 saturated carbocycles. The van der Waals surface area contributed by atoms with Crippen molar-refractivity contribution in [2.45, 2.75) is 32.1 Å². The number of aromatic nitrogens is 1. The highest BCUT2D eigenvalue weighted by atomic mass is 35.5. The molecule has 0 spiro atoms. The normalized spacial score (nSPS) is 15.4. The average Bonchev–Trinajstić information content (AvgIpc) is 2.60. The Morgan fingerprint density at radius 2 is 1.83 bits per heavy atom. The number of halogens is 2. The number of hydrogen-bond donors (Lipinski definition) is 1. The van der Waals surface area contributed by atoms with Gasteiger partial charge in [-0.25, -0.2) is 0 Å². The summed E-state index contributed by atoms with van der Waals surface area (Å²) in [6.45, 7) is 0. The maximum Gasteiger partial charge on any atom is 0.192 e. The number of H-pyrrole nitrogens is 1. The Kier molecular flexibility index (Phi) is 3.08. The highest BCUT2D eigenvalue weighted by Crippen LogP contribution is 2.29. The van der Waals surface area contributed by atoms with Gasteiger partial charge in [0.1, 0.15) is 0 Å². The first-order valence-corrected chi connectivity index (χ1v) is 6.96. The second-order valence-electron chi connectivity index (χ2n) is 4.76. The maximum absolute atomic E-state index is 12.5. The fourth-order valence-corrected chi connectivity index (χ4v) is 3.02. The molecule has 0 unspecified atom stereocenters. The van der Waals surface area contributed by atoms with E-state index in [9.17, 15) is 4.79 Å². The highest BCUT2D eigenvalue weighted by molar-refractivity contribution is 6.44.